The van der Waals surface area contributed by atoms with E-state index in [4.69, 9.17) is 11.6 Å². The van der Waals surface area contributed by atoms with Crippen LogP contribution in [0.5, 0.6) is 0 Å². The van der Waals surface area contributed by atoms with Crippen LogP contribution in [0.4, 0.5) is 9.28 Å². The van der Waals surface area contributed by atoms with Gasteiger partial charge in [-0.1, -0.05) is 9.27 Å². The summed E-state index contributed by atoms with van der Waals surface area (Å²) in [5, 5.41) is -1.17. The van der Waals surface area contributed by atoms with E-state index in [1.54, 1.807) is 0 Å². The number of hydrogen-bond donors (Lipinski definition) is 0. The van der Waals surface area contributed by atoms with Gasteiger partial charge < -0.3 is 0 Å². The maximum Gasteiger partial charge on any atom is 0.367 e. The van der Waals surface area contributed by atoms with Gasteiger partial charge in [-0.3, -0.25) is 9.59 Å². The average Bonchev–Trinajstić information content (AvgIpc) is 2.00. The minimum absolute atomic E-state index is 0.267. The van der Waals surface area contributed by atoms with Crippen molar-refractivity contribution >= 4 is 17.0 Å². The molecule has 12 heavy (non-hydrogen) atoms. The van der Waals surface area contributed by atoms with E-state index in [0.717, 1.165) is 6.20 Å². The fourth-order valence-corrected chi connectivity index (χ4v) is 0.719. The van der Waals surface area contributed by atoms with Crippen LogP contribution in [0, 0.1) is 0 Å². The highest BCUT2D eigenvalue weighted by atomic mass is 35.5. The molecule has 1 aromatic rings. The molecule has 0 aliphatic carbocycles. The van der Waals surface area contributed by atoms with E-state index < -0.39 is 21.4 Å². The van der Waals surface area contributed by atoms with E-state index >= 15 is 0 Å². The third-order valence-corrected chi connectivity index (χ3v) is 1.31. The molecular weight excluding hydrogens is 191 g/mol. The molecule has 64 valence electrons. The number of hydrogen-bond acceptors (Lipinski definition) is 3. The average molecular weight is 193 g/mol. The van der Waals surface area contributed by atoms with Gasteiger partial charge in [-0.15, -0.1) is 0 Å². The lowest BCUT2D eigenvalue weighted by Gasteiger charge is -1.95. The summed E-state index contributed by atoms with van der Waals surface area (Å²) in [7, 11) is 0. The van der Waals surface area contributed by atoms with Crippen molar-refractivity contribution in [3.63, 3.8) is 0 Å². The van der Waals surface area contributed by atoms with E-state index in [9.17, 15) is 18.9 Å². The SMILES string of the molecule is O=C(Cl)n1ccc(=O)n(F)c1=O. The molecule has 0 saturated carbocycles. The van der Waals surface area contributed by atoms with Crippen molar-refractivity contribution in [2.75, 3.05) is 0 Å². The standard InChI is InChI=1S/C5H2ClFN2O3/c6-4(11)8-2-1-3(10)9(7)5(8)12/h1-2H. The summed E-state index contributed by atoms with van der Waals surface area (Å²) in [5.41, 5.74) is -2.56. The van der Waals surface area contributed by atoms with Gasteiger partial charge in [-0.05, 0) is 11.6 Å². The van der Waals surface area contributed by atoms with Gasteiger partial charge >= 0.3 is 11.1 Å². The molecule has 7 heteroatoms. The Morgan fingerprint density at radius 3 is 2.58 bits per heavy atom. The molecule has 0 radical (unpaired) electrons. The van der Waals surface area contributed by atoms with Gasteiger partial charge in [-0.25, -0.2) is 9.36 Å². The zero-order valence-electron chi connectivity index (χ0n) is 5.53. The highest BCUT2D eigenvalue weighted by molar-refractivity contribution is 6.63. The maximum atomic E-state index is 12.4. The molecule has 0 amide bonds. The van der Waals surface area contributed by atoms with E-state index in [1.165, 1.54) is 0 Å². The van der Waals surface area contributed by atoms with Crippen LogP contribution < -0.4 is 11.2 Å². The van der Waals surface area contributed by atoms with E-state index in [1.807, 2.05) is 0 Å². The van der Waals surface area contributed by atoms with Crippen LogP contribution >= 0.6 is 11.6 Å². The van der Waals surface area contributed by atoms with Gasteiger partial charge in [0, 0.05) is 12.3 Å². The number of aromatic nitrogens is 2. The molecule has 1 heterocycles. The second-order valence-electron chi connectivity index (χ2n) is 1.84. The van der Waals surface area contributed by atoms with Crippen molar-refractivity contribution in [3.8, 4) is 0 Å². The Morgan fingerprint density at radius 2 is 2.08 bits per heavy atom. The summed E-state index contributed by atoms with van der Waals surface area (Å²) >= 11 is 4.87. The summed E-state index contributed by atoms with van der Waals surface area (Å²) in [6.45, 7) is 0. The van der Waals surface area contributed by atoms with E-state index in [0.29, 0.717) is 6.07 Å². The van der Waals surface area contributed by atoms with Gasteiger partial charge in [0.05, 0.1) is 0 Å². The van der Waals surface area contributed by atoms with Crippen LogP contribution in [0.15, 0.2) is 21.9 Å². The summed E-state index contributed by atoms with van der Waals surface area (Å²) in [6.07, 6.45) is 0.802. The Morgan fingerprint density at radius 1 is 1.50 bits per heavy atom. The first-order chi connectivity index (χ1) is 5.54. The van der Waals surface area contributed by atoms with Crippen LogP contribution in [-0.2, 0) is 0 Å². The van der Waals surface area contributed by atoms with Crippen molar-refractivity contribution in [2.45, 2.75) is 0 Å². The Hall–Kier alpha value is -1.43. The monoisotopic (exact) mass is 192 g/mol. The molecule has 0 unspecified atom stereocenters. The first kappa shape index (κ1) is 8.66. The minimum Gasteiger partial charge on any atom is -0.267 e. The lowest BCUT2D eigenvalue weighted by molar-refractivity contribution is 0.255. The summed E-state index contributed by atoms with van der Waals surface area (Å²) in [4.78, 5) is 30.8. The smallest absolute Gasteiger partial charge is 0.267 e. The Bertz CT molecular complexity index is 435. The zero-order chi connectivity index (χ0) is 9.30. The van der Waals surface area contributed by atoms with Gasteiger partial charge in [0.25, 0.3) is 5.56 Å². The second-order valence-corrected chi connectivity index (χ2v) is 2.16. The normalized spacial score (nSPS) is 9.83. The minimum atomic E-state index is -1.41. The van der Waals surface area contributed by atoms with Gasteiger partial charge in [-0.2, -0.15) is 0 Å². The van der Waals surface area contributed by atoms with Crippen molar-refractivity contribution < 1.29 is 9.28 Å². The van der Waals surface area contributed by atoms with Gasteiger partial charge in [0.2, 0.25) is 0 Å². The van der Waals surface area contributed by atoms with Crippen molar-refractivity contribution in [1.82, 2.24) is 9.36 Å². The number of carbonyl (C=O) groups is 1. The molecule has 0 atom stereocenters. The van der Waals surface area contributed by atoms with E-state index in [-0.39, 0.29) is 4.57 Å². The topological polar surface area (TPSA) is 61.1 Å². The Kier molecular flexibility index (Phi) is 2.09. The highest BCUT2D eigenvalue weighted by Gasteiger charge is 2.07. The van der Waals surface area contributed by atoms with Crippen LogP contribution in [-0.4, -0.2) is 14.7 Å². The first-order valence-corrected chi connectivity index (χ1v) is 3.12. The van der Waals surface area contributed by atoms with Crippen molar-refractivity contribution in [2.24, 2.45) is 0 Å². The lowest BCUT2D eigenvalue weighted by Crippen LogP contribution is -2.36. The molecule has 0 aliphatic heterocycles. The Balaban J connectivity index is 3.58. The van der Waals surface area contributed by atoms with Crippen LogP contribution in [0.25, 0.3) is 0 Å². The van der Waals surface area contributed by atoms with Crippen molar-refractivity contribution in [1.29, 1.82) is 0 Å². The fourth-order valence-electron chi connectivity index (χ4n) is 0.590. The molecule has 0 fully saturated rings. The van der Waals surface area contributed by atoms with Crippen LogP contribution in [0.1, 0.15) is 0 Å². The largest absolute Gasteiger partial charge is 0.367 e. The first-order valence-electron chi connectivity index (χ1n) is 2.75. The maximum absolute atomic E-state index is 12.4. The quantitative estimate of drug-likeness (QED) is 0.542. The molecule has 0 bridgehead atoms. The van der Waals surface area contributed by atoms with Crippen molar-refractivity contribution in [3.05, 3.63) is 33.1 Å². The van der Waals surface area contributed by atoms with E-state index in [2.05, 4.69) is 0 Å². The van der Waals surface area contributed by atoms with Gasteiger partial charge in [0.1, 0.15) is 0 Å². The third kappa shape index (κ3) is 1.28. The predicted octanol–water partition coefficient (Wildman–Crippen LogP) is -0.0505. The molecular formula is C5H2ClFN2O3. The second kappa shape index (κ2) is 2.90. The predicted molar refractivity (Wildman–Crippen MR) is 38.1 cm³/mol. The lowest BCUT2D eigenvalue weighted by atomic mass is 10.6. The zero-order valence-corrected chi connectivity index (χ0v) is 6.29. The molecule has 0 aromatic carbocycles. The molecule has 0 spiro atoms. The molecule has 5 nitrogen and oxygen atoms in total. The molecule has 0 N–H and O–H groups in total. The van der Waals surface area contributed by atoms with Crippen LogP contribution in [0.2, 0.25) is 0 Å². The van der Waals surface area contributed by atoms with Gasteiger partial charge in [0.15, 0.2) is 0 Å². The molecule has 1 aromatic heterocycles. The fraction of sp³-hybridized carbons (Fsp3) is 0. The Labute approximate surface area is 69.5 Å². The molecule has 0 saturated heterocycles. The number of carbonyl (C=O) groups excluding carboxylic acids is 1. The molecule has 0 aliphatic rings. The molecule has 1 rings (SSSR count). The highest BCUT2D eigenvalue weighted by Crippen LogP contribution is 1.85. The number of halogens is 2. The van der Waals surface area contributed by atoms with Crippen LogP contribution in [0.3, 0.4) is 0 Å². The summed E-state index contributed by atoms with van der Waals surface area (Å²) in [6, 6.07) is 0.710. The third-order valence-electron chi connectivity index (χ3n) is 1.12. The summed E-state index contributed by atoms with van der Waals surface area (Å²) < 4.78 is 12.7. The number of rotatable bonds is 0. The summed E-state index contributed by atoms with van der Waals surface area (Å²) in [5.74, 6) is 0. The number of nitrogens with zero attached hydrogens (tertiary/aromatic N) is 2.